The predicted molar refractivity (Wildman–Crippen MR) is 90.1 cm³/mol. The lowest BCUT2D eigenvalue weighted by Crippen LogP contribution is -2.35. The van der Waals surface area contributed by atoms with Gasteiger partial charge in [-0.1, -0.05) is 29.8 Å². The summed E-state index contributed by atoms with van der Waals surface area (Å²) in [6, 6.07) is 12.6. The molecule has 3 rings (SSSR count). The standard InChI is InChI=1S/C18H20FNO3S/c1-12-6-8-15(9-7-12)24(21,22)17-16(18(17,20)11-23-2)13-4-3-5-14(19)10-13/h3-10,16-17H,11,20H2,1-2H3/t16-,17+,18-/m0/s1. The Bertz CT molecular complexity index is 851. The number of ether oxygens (including phenoxy) is 1. The predicted octanol–water partition coefficient (Wildman–Crippen LogP) is 2.42. The summed E-state index contributed by atoms with van der Waals surface area (Å²) in [6.45, 7) is 1.98. The number of nitrogens with two attached hydrogens (primary N) is 1. The Morgan fingerprint density at radius 1 is 1.21 bits per heavy atom. The van der Waals surface area contributed by atoms with Crippen molar-refractivity contribution in [3.63, 3.8) is 0 Å². The fourth-order valence-corrected chi connectivity index (χ4v) is 5.66. The number of halogens is 1. The lowest BCUT2D eigenvalue weighted by atomic mass is 10.1. The molecule has 0 heterocycles. The molecular weight excluding hydrogens is 329 g/mol. The van der Waals surface area contributed by atoms with Gasteiger partial charge < -0.3 is 10.5 Å². The number of benzene rings is 2. The van der Waals surface area contributed by atoms with Gasteiger partial charge in [0.15, 0.2) is 9.84 Å². The smallest absolute Gasteiger partial charge is 0.183 e. The van der Waals surface area contributed by atoms with Crippen molar-refractivity contribution in [2.24, 2.45) is 5.73 Å². The van der Waals surface area contributed by atoms with E-state index in [1.807, 2.05) is 6.92 Å². The highest BCUT2D eigenvalue weighted by molar-refractivity contribution is 7.92. The number of methoxy groups -OCH3 is 1. The van der Waals surface area contributed by atoms with Crippen LogP contribution in [-0.4, -0.2) is 32.9 Å². The SMILES string of the molecule is COC[C@@]1(N)[C@H](S(=O)(=O)c2ccc(C)cc2)[C@@H]1c1cccc(F)c1. The van der Waals surface area contributed by atoms with Crippen LogP contribution in [0.4, 0.5) is 4.39 Å². The Kier molecular flexibility index (Phi) is 4.23. The Balaban J connectivity index is 2.03. The zero-order valence-corrected chi connectivity index (χ0v) is 14.4. The van der Waals surface area contributed by atoms with Gasteiger partial charge in [-0.05, 0) is 36.8 Å². The van der Waals surface area contributed by atoms with Crippen molar-refractivity contribution in [1.29, 1.82) is 0 Å². The number of aryl methyl sites for hydroxylation is 1. The Morgan fingerprint density at radius 3 is 2.46 bits per heavy atom. The first-order valence-electron chi connectivity index (χ1n) is 7.64. The summed E-state index contributed by atoms with van der Waals surface area (Å²) in [5.41, 5.74) is 6.84. The molecule has 1 aliphatic carbocycles. The Hall–Kier alpha value is -1.76. The molecule has 0 aromatic heterocycles. The van der Waals surface area contributed by atoms with Crippen LogP contribution < -0.4 is 5.73 Å². The van der Waals surface area contributed by atoms with Crippen LogP contribution in [0.1, 0.15) is 17.0 Å². The van der Waals surface area contributed by atoms with E-state index in [4.69, 9.17) is 10.5 Å². The molecule has 0 radical (unpaired) electrons. The lowest BCUT2D eigenvalue weighted by molar-refractivity contribution is 0.171. The number of hydrogen-bond donors (Lipinski definition) is 1. The van der Waals surface area contributed by atoms with Gasteiger partial charge in [0.05, 0.1) is 22.3 Å². The quantitative estimate of drug-likeness (QED) is 0.900. The molecule has 24 heavy (non-hydrogen) atoms. The molecule has 2 aromatic rings. The van der Waals surface area contributed by atoms with Gasteiger partial charge in [0, 0.05) is 13.0 Å². The van der Waals surface area contributed by atoms with Gasteiger partial charge >= 0.3 is 0 Å². The molecule has 1 saturated carbocycles. The third-order valence-corrected chi connectivity index (χ3v) is 6.90. The third-order valence-electron chi connectivity index (χ3n) is 4.59. The highest BCUT2D eigenvalue weighted by atomic mass is 32.2. The van der Waals surface area contributed by atoms with Crippen LogP contribution in [0.5, 0.6) is 0 Å². The number of hydrogen-bond acceptors (Lipinski definition) is 4. The molecule has 2 aromatic carbocycles. The van der Waals surface area contributed by atoms with Crippen molar-refractivity contribution in [3.8, 4) is 0 Å². The molecule has 0 saturated heterocycles. The van der Waals surface area contributed by atoms with E-state index in [0.717, 1.165) is 5.56 Å². The molecule has 128 valence electrons. The Labute approximate surface area is 141 Å². The molecule has 0 spiro atoms. The molecule has 0 bridgehead atoms. The Morgan fingerprint density at radius 2 is 1.88 bits per heavy atom. The van der Waals surface area contributed by atoms with E-state index in [1.54, 1.807) is 36.4 Å². The van der Waals surface area contributed by atoms with E-state index in [0.29, 0.717) is 5.56 Å². The topological polar surface area (TPSA) is 69.4 Å². The minimum Gasteiger partial charge on any atom is -0.383 e. The van der Waals surface area contributed by atoms with Crippen LogP contribution >= 0.6 is 0 Å². The second-order valence-electron chi connectivity index (χ2n) is 6.36. The summed E-state index contributed by atoms with van der Waals surface area (Å²) in [4.78, 5) is 0.225. The number of rotatable bonds is 5. The van der Waals surface area contributed by atoms with Crippen molar-refractivity contribution in [3.05, 3.63) is 65.5 Å². The van der Waals surface area contributed by atoms with E-state index in [-0.39, 0.29) is 11.5 Å². The van der Waals surface area contributed by atoms with Crippen LogP contribution in [0.3, 0.4) is 0 Å². The minimum atomic E-state index is -3.65. The van der Waals surface area contributed by atoms with Crippen LogP contribution in [-0.2, 0) is 14.6 Å². The van der Waals surface area contributed by atoms with Gasteiger partial charge in [-0.3, -0.25) is 0 Å². The van der Waals surface area contributed by atoms with Crippen molar-refractivity contribution in [2.45, 2.75) is 28.5 Å². The summed E-state index contributed by atoms with van der Waals surface area (Å²) < 4.78 is 44.8. The first-order valence-corrected chi connectivity index (χ1v) is 9.19. The van der Waals surface area contributed by atoms with Gasteiger partial charge in [0.1, 0.15) is 5.82 Å². The van der Waals surface area contributed by atoms with Gasteiger partial charge in [0.25, 0.3) is 0 Å². The second-order valence-corrected chi connectivity index (χ2v) is 8.43. The van der Waals surface area contributed by atoms with E-state index >= 15 is 0 Å². The molecule has 6 heteroatoms. The molecule has 0 unspecified atom stereocenters. The normalized spacial score (nSPS) is 26.3. The third kappa shape index (κ3) is 2.75. The summed E-state index contributed by atoms with van der Waals surface area (Å²) in [5.74, 6) is -0.912. The monoisotopic (exact) mass is 349 g/mol. The molecule has 3 atom stereocenters. The maximum absolute atomic E-state index is 13.6. The van der Waals surface area contributed by atoms with Gasteiger partial charge in [-0.25, -0.2) is 12.8 Å². The molecule has 4 nitrogen and oxygen atoms in total. The zero-order valence-electron chi connectivity index (χ0n) is 13.6. The van der Waals surface area contributed by atoms with Crippen LogP contribution in [0.2, 0.25) is 0 Å². The molecule has 2 N–H and O–H groups in total. The summed E-state index contributed by atoms with van der Waals surface area (Å²) >= 11 is 0. The minimum absolute atomic E-state index is 0.0872. The van der Waals surface area contributed by atoms with Gasteiger partial charge in [0.2, 0.25) is 0 Å². The van der Waals surface area contributed by atoms with Crippen molar-refractivity contribution in [1.82, 2.24) is 0 Å². The van der Waals surface area contributed by atoms with Crippen molar-refractivity contribution < 1.29 is 17.5 Å². The fraction of sp³-hybridized carbons (Fsp3) is 0.333. The average molecular weight is 349 g/mol. The largest absolute Gasteiger partial charge is 0.383 e. The van der Waals surface area contributed by atoms with E-state index in [1.165, 1.54) is 19.2 Å². The van der Waals surface area contributed by atoms with Crippen LogP contribution in [0, 0.1) is 12.7 Å². The molecule has 0 amide bonds. The zero-order chi connectivity index (χ0) is 17.5. The highest BCUT2D eigenvalue weighted by Gasteiger charge is 2.69. The molecule has 0 aliphatic heterocycles. The summed E-state index contributed by atoms with van der Waals surface area (Å²) in [5, 5.41) is -0.838. The van der Waals surface area contributed by atoms with Crippen LogP contribution in [0.25, 0.3) is 0 Å². The van der Waals surface area contributed by atoms with E-state index < -0.39 is 32.4 Å². The lowest BCUT2D eigenvalue weighted by Gasteiger charge is -2.11. The highest BCUT2D eigenvalue weighted by Crippen LogP contribution is 2.55. The first-order chi connectivity index (χ1) is 11.3. The maximum atomic E-state index is 13.6. The van der Waals surface area contributed by atoms with E-state index in [2.05, 4.69) is 0 Å². The fourth-order valence-electron chi connectivity index (χ4n) is 3.37. The van der Waals surface area contributed by atoms with E-state index in [9.17, 15) is 12.8 Å². The first kappa shape index (κ1) is 17.1. The average Bonchev–Trinajstić information content (AvgIpc) is 3.14. The molecule has 1 fully saturated rings. The summed E-state index contributed by atoms with van der Waals surface area (Å²) in [6.07, 6.45) is 0. The second kappa shape index (κ2) is 5.95. The molecule has 1 aliphatic rings. The van der Waals surface area contributed by atoms with Crippen LogP contribution in [0.15, 0.2) is 53.4 Å². The van der Waals surface area contributed by atoms with Crippen molar-refractivity contribution in [2.75, 3.05) is 13.7 Å². The van der Waals surface area contributed by atoms with Gasteiger partial charge in [-0.2, -0.15) is 0 Å². The van der Waals surface area contributed by atoms with Gasteiger partial charge in [-0.15, -0.1) is 0 Å². The number of sulfone groups is 1. The van der Waals surface area contributed by atoms with Crippen molar-refractivity contribution >= 4 is 9.84 Å². The summed E-state index contributed by atoms with van der Waals surface area (Å²) in [7, 11) is -2.17. The maximum Gasteiger partial charge on any atom is 0.183 e. The molecular formula is C18H20FNO3S.